The maximum absolute atomic E-state index is 9.76. The summed E-state index contributed by atoms with van der Waals surface area (Å²) in [5.41, 5.74) is 1.65. The number of aliphatic hydroxyl groups is 1. The highest BCUT2D eigenvalue weighted by molar-refractivity contribution is 6.37. The Labute approximate surface area is 104 Å². The third-order valence-corrected chi connectivity index (χ3v) is 3.45. The van der Waals surface area contributed by atoms with Crippen molar-refractivity contribution in [3.05, 3.63) is 33.9 Å². The van der Waals surface area contributed by atoms with Crippen LogP contribution in [0.2, 0.25) is 10.2 Å². The van der Waals surface area contributed by atoms with Gasteiger partial charge in [-0.1, -0.05) is 35.3 Å². The lowest BCUT2D eigenvalue weighted by atomic mass is 10.1. The Bertz CT molecular complexity index is 531. The molecule has 0 aliphatic heterocycles. The van der Waals surface area contributed by atoms with Crippen LogP contribution in [0.5, 0.6) is 0 Å². The van der Waals surface area contributed by atoms with Crippen molar-refractivity contribution < 1.29 is 5.11 Å². The summed E-state index contributed by atoms with van der Waals surface area (Å²) in [6.45, 7) is 4.44. The average molecular weight is 258 g/mol. The van der Waals surface area contributed by atoms with Crippen LogP contribution >= 0.6 is 23.2 Å². The first-order valence-corrected chi connectivity index (χ1v) is 5.97. The molecule has 0 aliphatic carbocycles. The van der Waals surface area contributed by atoms with Crippen molar-refractivity contribution in [3.8, 4) is 0 Å². The van der Waals surface area contributed by atoms with Crippen LogP contribution in [0.1, 0.15) is 25.5 Å². The number of benzene rings is 1. The first kappa shape index (κ1) is 11.8. The minimum Gasteiger partial charge on any atom is -0.389 e. The first-order valence-electron chi connectivity index (χ1n) is 5.22. The number of hydrogen-bond acceptors (Lipinski definition) is 1. The first-order chi connectivity index (χ1) is 7.57. The minimum atomic E-state index is -0.596. The molecule has 1 aromatic heterocycles. The summed E-state index contributed by atoms with van der Waals surface area (Å²) in [5, 5.41) is 11.9. The summed E-state index contributed by atoms with van der Waals surface area (Å²) < 4.78 is 1.92. The Morgan fingerprint density at radius 2 is 2.06 bits per heavy atom. The second kappa shape index (κ2) is 4.28. The molecule has 0 bridgehead atoms. The van der Waals surface area contributed by atoms with E-state index in [1.807, 2.05) is 29.7 Å². The highest BCUT2D eigenvalue weighted by Crippen LogP contribution is 2.37. The zero-order valence-electron chi connectivity index (χ0n) is 9.17. The topological polar surface area (TPSA) is 25.2 Å². The molecule has 86 valence electrons. The van der Waals surface area contributed by atoms with E-state index in [2.05, 4.69) is 0 Å². The van der Waals surface area contributed by atoms with Gasteiger partial charge in [-0.3, -0.25) is 0 Å². The number of nitrogens with zero attached hydrogens (tertiary/aromatic N) is 1. The molecule has 2 nitrogen and oxygen atoms in total. The maximum Gasteiger partial charge on any atom is 0.115 e. The molecule has 1 unspecified atom stereocenters. The Hall–Kier alpha value is -0.700. The number of halogens is 2. The van der Waals surface area contributed by atoms with Gasteiger partial charge >= 0.3 is 0 Å². The second-order valence-electron chi connectivity index (χ2n) is 3.76. The molecule has 4 heteroatoms. The maximum atomic E-state index is 9.76. The van der Waals surface area contributed by atoms with Gasteiger partial charge in [-0.25, -0.2) is 0 Å². The molecule has 0 aliphatic rings. The number of aryl methyl sites for hydroxylation is 1. The molecular weight excluding hydrogens is 245 g/mol. The highest BCUT2D eigenvalue weighted by atomic mass is 35.5. The van der Waals surface area contributed by atoms with E-state index in [1.165, 1.54) is 0 Å². The Morgan fingerprint density at radius 3 is 2.62 bits per heavy atom. The smallest absolute Gasteiger partial charge is 0.115 e. The van der Waals surface area contributed by atoms with Crippen molar-refractivity contribution in [2.45, 2.75) is 26.5 Å². The van der Waals surface area contributed by atoms with Gasteiger partial charge in [0.1, 0.15) is 5.15 Å². The van der Waals surface area contributed by atoms with Gasteiger partial charge in [0, 0.05) is 17.5 Å². The molecule has 2 rings (SSSR count). The molecule has 0 saturated heterocycles. The van der Waals surface area contributed by atoms with E-state index in [0.717, 1.165) is 23.0 Å². The predicted octanol–water partition coefficient (Wildman–Crippen LogP) is 4.02. The summed E-state index contributed by atoms with van der Waals surface area (Å²) in [4.78, 5) is 0. The quantitative estimate of drug-likeness (QED) is 0.864. The third kappa shape index (κ3) is 1.61. The lowest BCUT2D eigenvalue weighted by molar-refractivity contribution is 0.200. The average Bonchev–Trinajstić information content (AvgIpc) is 2.51. The normalized spacial score (nSPS) is 13.3. The lowest BCUT2D eigenvalue weighted by Gasteiger charge is -2.04. The van der Waals surface area contributed by atoms with E-state index >= 15 is 0 Å². The van der Waals surface area contributed by atoms with Gasteiger partial charge in [-0.2, -0.15) is 0 Å². The van der Waals surface area contributed by atoms with Crippen LogP contribution in [-0.2, 0) is 6.54 Å². The Morgan fingerprint density at radius 1 is 1.38 bits per heavy atom. The van der Waals surface area contributed by atoms with Crippen LogP contribution in [-0.4, -0.2) is 9.67 Å². The van der Waals surface area contributed by atoms with Gasteiger partial charge in [0.2, 0.25) is 0 Å². The molecule has 0 spiro atoms. The molecular formula is C12H13Cl2NO. The highest BCUT2D eigenvalue weighted by Gasteiger charge is 2.19. The zero-order valence-corrected chi connectivity index (χ0v) is 10.7. The number of hydrogen-bond donors (Lipinski definition) is 1. The number of para-hydroxylation sites is 1. The number of rotatable bonds is 2. The standard InChI is InChI=1S/C12H13Cl2NO/c1-3-15-11-8(5-4-6-9(11)13)10(7(2)16)12(15)14/h4-7,16H,3H2,1-2H3. The van der Waals surface area contributed by atoms with Crippen LogP contribution < -0.4 is 0 Å². The second-order valence-corrected chi connectivity index (χ2v) is 4.53. The number of fused-ring (bicyclic) bond motifs is 1. The Kier molecular flexibility index (Phi) is 3.15. The molecule has 1 N–H and O–H groups in total. The summed E-state index contributed by atoms with van der Waals surface area (Å²) in [6, 6.07) is 5.63. The van der Waals surface area contributed by atoms with E-state index in [-0.39, 0.29) is 0 Å². The van der Waals surface area contributed by atoms with Gasteiger partial charge < -0.3 is 9.67 Å². The van der Waals surface area contributed by atoms with Crippen molar-refractivity contribution in [1.29, 1.82) is 0 Å². The van der Waals surface area contributed by atoms with Crippen molar-refractivity contribution >= 4 is 34.1 Å². The fraction of sp³-hybridized carbons (Fsp3) is 0.333. The molecule has 1 heterocycles. The largest absolute Gasteiger partial charge is 0.389 e. The van der Waals surface area contributed by atoms with Gasteiger partial charge in [0.25, 0.3) is 0 Å². The number of aromatic nitrogens is 1. The van der Waals surface area contributed by atoms with Crippen LogP contribution in [0.15, 0.2) is 18.2 Å². The van der Waals surface area contributed by atoms with Gasteiger partial charge in [0.05, 0.1) is 16.6 Å². The van der Waals surface area contributed by atoms with E-state index in [4.69, 9.17) is 23.2 Å². The minimum absolute atomic E-state index is 0.570. The van der Waals surface area contributed by atoms with Crippen LogP contribution in [0, 0.1) is 0 Å². The summed E-state index contributed by atoms with van der Waals surface area (Å²) in [5.74, 6) is 0. The fourth-order valence-corrected chi connectivity index (χ4v) is 2.80. The van der Waals surface area contributed by atoms with Crippen molar-refractivity contribution in [3.63, 3.8) is 0 Å². The summed E-state index contributed by atoms with van der Waals surface area (Å²) >= 11 is 12.4. The zero-order chi connectivity index (χ0) is 11.9. The number of aliphatic hydroxyl groups excluding tert-OH is 1. The van der Waals surface area contributed by atoms with Crippen molar-refractivity contribution in [2.24, 2.45) is 0 Å². The van der Waals surface area contributed by atoms with E-state index in [1.54, 1.807) is 6.92 Å². The van der Waals surface area contributed by atoms with Crippen molar-refractivity contribution in [2.75, 3.05) is 0 Å². The Balaban J connectivity index is 2.92. The monoisotopic (exact) mass is 257 g/mol. The fourth-order valence-electron chi connectivity index (χ4n) is 2.06. The molecule has 0 fully saturated rings. The molecule has 0 radical (unpaired) electrons. The molecule has 0 amide bonds. The van der Waals surface area contributed by atoms with Gasteiger partial charge in [0.15, 0.2) is 0 Å². The van der Waals surface area contributed by atoms with E-state index in [9.17, 15) is 5.11 Å². The molecule has 16 heavy (non-hydrogen) atoms. The SMILES string of the molecule is CCn1c(Cl)c(C(C)O)c2cccc(Cl)c21. The van der Waals surface area contributed by atoms with E-state index in [0.29, 0.717) is 10.2 Å². The summed E-state index contributed by atoms with van der Waals surface area (Å²) in [7, 11) is 0. The molecule has 1 aromatic carbocycles. The summed E-state index contributed by atoms with van der Waals surface area (Å²) in [6.07, 6.45) is -0.596. The van der Waals surface area contributed by atoms with Gasteiger partial charge in [-0.05, 0) is 19.9 Å². The predicted molar refractivity (Wildman–Crippen MR) is 68.3 cm³/mol. The lowest BCUT2D eigenvalue weighted by Crippen LogP contribution is -1.95. The van der Waals surface area contributed by atoms with Crippen LogP contribution in [0.3, 0.4) is 0 Å². The van der Waals surface area contributed by atoms with Gasteiger partial charge in [-0.15, -0.1) is 0 Å². The third-order valence-electron chi connectivity index (χ3n) is 2.74. The van der Waals surface area contributed by atoms with Crippen molar-refractivity contribution in [1.82, 2.24) is 4.57 Å². The van der Waals surface area contributed by atoms with Crippen LogP contribution in [0.25, 0.3) is 10.9 Å². The van der Waals surface area contributed by atoms with Crippen LogP contribution in [0.4, 0.5) is 0 Å². The molecule has 1 atom stereocenters. The molecule has 0 saturated carbocycles. The molecule has 2 aromatic rings. The van der Waals surface area contributed by atoms with E-state index < -0.39 is 6.10 Å².